The average molecular weight is 493 g/mol. The number of carbonyl (C=O) groups is 1. The average Bonchev–Trinajstić information content (AvgIpc) is 3.53. The van der Waals surface area contributed by atoms with Crippen LogP contribution in [0.15, 0.2) is 61.3 Å². The van der Waals surface area contributed by atoms with Crippen LogP contribution in [0.2, 0.25) is 0 Å². The Hall–Kier alpha value is -4.15. The number of halogens is 3. The summed E-state index contributed by atoms with van der Waals surface area (Å²) in [6, 6.07) is 10.7. The van der Waals surface area contributed by atoms with E-state index in [4.69, 9.17) is 0 Å². The Bertz CT molecular complexity index is 1560. The summed E-state index contributed by atoms with van der Waals surface area (Å²) < 4.78 is 44.5. The third-order valence-corrected chi connectivity index (χ3v) is 6.84. The van der Waals surface area contributed by atoms with Crippen molar-refractivity contribution in [1.29, 1.82) is 0 Å². The molecule has 36 heavy (non-hydrogen) atoms. The molecule has 1 amide bonds. The summed E-state index contributed by atoms with van der Waals surface area (Å²) >= 11 is 0. The highest BCUT2D eigenvalue weighted by atomic mass is 19.4. The lowest BCUT2D eigenvalue weighted by atomic mass is 9.80. The quantitative estimate of drug-likeness (QED) is 0.391. The maximum atomic E-state index is 13.0. The zero-order chi connectivity index (χ0) is 25.0. The number of fused-ring (bicyclic) bond motifs is 3. The second-order valence-corrected chi connectivity index (χ2v) is 9.23. The number of nitrogens with one attached hydrogen (secondary N) is 1. The number of amides is 1. The number of hydrogen-bond acceptors (Lipinski definition) is 4. The fourth-order valence-electron chi connectivity index (χ4n) is 4.92. The van der Waals surface area contributed by atoms with E-state index >= 15 is 0 Å². The molecule has 1 N–H and O–H groups in total. The van der Waals surface area contributed by atoms with Gasteiger partial charge in [0.05, 0.1) is 17.1 Å². The highest BCUT2D eigenvalue weighted by molar-refractivity contribution is 6.10. The molecule has 1 aliphatic carbocycles. The Labute approximate surface area is 203 Å². The van der Waals surface area contributed by atoms with Crippen molar-refractivity contribution in [2.24, 2.45) is 13.0 Å². The van der Waals surface area contributed by atoms with E-state index in [0.717, 1.165) is 41.3 Å². The van der Waals surface area contributed by atoms with Gasteiger partial charge in [0.2, 0.25) is 0 Å². The van der Waals surface area contributed by atoms with Crippen LogP contribution < -0.4 is 5.32 Å². The van der Waals surface area contributed by atoms with E-state index < -0.39 is 11.7 Å². The summed E-state index contributed by atoms with van der Waals surface area (Å²) in [6.45, 7) is 0.580. The van der Waals surface area contributed by atoms with Crippen LogP contribution in [-0.2, 0) is 13.2 Å². The molecule has 1 aliphatic rings. The van der Waals surface area contributed by atoms with Crippen LogP contribution in [0.4, 0.5) is 13.2 Å². The van der Waals surface area contributed by atoms with Gasteiger partial charge in [0.1, 0.15) is 12.7 Å². The number of carbonyl (C=O) groups excluding carboxylic acids is 1. The van der Waals surface area contributed by atoms with Crippen molar-refractivity contribution in [1.82, 2.24) is 34.4 Å². The second kappa shape index (κ2) is 8.21. The van der Waals surface area contributed by atoms with Crippen LogP contribution in [-0.4, -0.2) is 41.6 Å². The molecule has 8 nitrogen and oxygen atoms in total. The van der Waals surface area contributed by atoms with Crippen molar-refractivity contribution in [2.45, 2.75) is 25.1 Å². The number of alkyl halides is 3. The normalized spacial score (nSPS) is 18.0. The predicted molar refractivity (Wildman–Crippen MR) is 127 cm³/mol. The molecule has 5 aromatic rings. The van der Waals surface area contributed by atoms with Gasteiger partial charge in [0, 0.05) is 41.8 Å². The largest absolute Gasteiger partial charge is 0.416 e. The van der Waals surface area contributed by atoms with Crippen LogP contribution in [0.3, 0.4) is 0 Å². The second-order valence-electron chi connectivity index (χ2n) is 9.23. The maximum Gasteiger partial charge on any atom is 0.416 e. The number of nitrogens with zero attached hydrogens (tertiary/aromatic N) is 6. The topological polar surface area (TPSA) is 82.6 Å². The molecular formula is C25H22F3N7O. The Morgan fingerprint density at radius 3 is 2.58 bits per heavy atom. The van der Waals surface area contributed by atoms with Crippen molar-refractivity contribution >= 4 is 27.8 Å². The minimum atomic E-state index is -4.41. The van der Waals surface area contributed by atoms with Gasteiger partial charge in [-0.15, -0.1) is 0 Å². The molecule has 0 unspecified atom stereocenters. The summed E-state index contributed by atoms with van der Waals surface area (Å²) in [4.78, 5) is 16.9. The first-order chi connectivity index (χ1) is 17.3. The van der Waals surface area contributed by atoms with E-state index in [1.54, 1.807) is 24.1 Å². The minimum absolute atomic E-state index is 0.166. The van der Waals surface area contributed by atoms with Gasteiger partial charge in [-0.05, 0) is 61.2 Å². The van der Waals surface area contributed by atoms with Crippen molar-refractivity contribution in [3.05, 3.63) is 72.4 Å². The van der Waals surface area contributed by atoms with E-state index in [2.05, 4.69) is 20.5 Å². The highest BCUT2D eigenvalue weighted by Gasteiger charge is 2.32. The molecule has 2 aromatic carbocycles. The number of rotatable bonds is 5. The summed E-state index contributed by atoms with van der Waals surface area (Å²) in [6.07, 6.45) is 2.55. The molecule has 1 saturated carbocycles. The lowest BCUT2D eigenvalue weighted by Gasteiger charge is -2.35. The van der Waals surface area contributed by atoms with Crippen molar-refractivity contribution in [3.63, 3.8) is 0 Å². The number of aromatic nitrogens is 6. The molecule has 0 spiro atoms. The third kappa shape index (κ3) is 3.80. The van der Waals surface area contributed by atoms with Crippen molar-refractivity contribution in [3.8, 4) is 5.69 Å². The molecule has 0 atom stereocenters. The number of aryl methyl sites for hydroxylation is 1. The first-order valence-electron chi connectivity index (χ1n) is 11.6. The standard InChI is InChI=1S/C25H22F3N7O/c1-33-12-21-20-10-16(24(36)30-11-15-8-19(9-15)34-14-29-13-31-34)2-7-22(20)35(23(21)32-33)18-5-3-17(4-6-18)25(26,27)28/h2-7,10,12-15,19H,8-9,11H2,1H3,(H,30,36). The summed E-state index contributed by atoms with van der Waals surface area (Å²) in [5.41, 5.74) is 1.74. The minimum Gasteiger partial charge on any atom is -0.352 e. The van der Waals surface area contributed by atoms with Crippen LogP contribution in [0.1, 0.15) is 34.8 Å². The van der Waals surface area contributed by atoms with Gasteiger partial charge in [0.25, 0.3) is 5.91 Å². The predicted octanol–water partition coefficient (Wildman–Crippen LogP) is 4.51. The van der Waals surface area contributed by atoms with E-state index in [9.17, 15) is 18.0 Å². The van der Waals surface area contributed by atoms with Gasteiger partial charge in [-0.2, -0.15) is 23.4 Å². The first-order valence-corrected chi connectivity index (χ1v) is 11.6. The molecule has 0 saturated heterocycles. The highest BCUT2D eigenvalue weighted by Crippen LogP contribution is 2.37. The van der Waals surface area contributed by atoms with Gasteiger partial charge in [-0.25, -0.2) is 9.67 Å². The molecule has 0 radical (unpaired) electrons. The van der Waals surface area contributed by atoms with E-state index in [0.29, 0.717) is 35.4 Å². The van der Waals surface area contributed by atoms with Crippen LogP contribution in [0.5, 0.6) is 0 Å². The lowest BCUT2D eigenvalue weighted by molar-refractivity contribution is -0.137. The van der Waals surface area contributed by atoms with Gasteiger partial charge in [0.15, 0.2) is 5.65 Å². The van der Waals surface area contributed by atoms with Crippen LogP contribution in [0, 0.1) is 5.92 Å². The Kier molecular flexibility index (Phi) is 5.09. The molecule has 184 valence electrons. The molecule has 6 rings (SSSR count). The zero-order valence-electron chi connectivity index (χ0n) is 19.3. The monoisotopic (exact) mass is 493 g/mol. The van der Waals surface area contributed by atoms with Gasteiger partial charge < -0.3 is 5.32 Å². The number of benzene rings is 2. The van der Waals surface area contributed by atoms with Gasteiger partial charge in [-0.3, -0.25) is 14.0 Å². The van der Waals surface area contributed by atoms with Crippen molar-refractivity contribution < 1.29 is 18.0 Å². The Balaban J connectivity index is 1.26. The lowest BCUT2D eigenvalue weighted by Crippen LogP contribution is -2.37. The fourth-order valence-corrected chi connectivity index (χ4v) is 4.92. The first kappa shape index (κ1) is 22.3. The smallest absolute Gasteiger partial charge is 0.352 e. The van der Waals surface area contributed by atoms with E-state index in [1.165, 1.54) is 18.5 Å². The molecule has 3 heterocycles. The molecule has 0 bridgehead atoms. The summed E-state index contributed by atoms with van der Waals surface area (Å²) in [5.74, 6) is 0.220. The molecule has 0 aliphatic heterocycles. The molecule has 3 aromatic heterocycles. The van der Waals surface area contributed by atoms with Gasteiger partial charge in [-0.1, -0.05) is 0 Å². The fraction of sp³-hybridized carbons (Fsp3) is 0.280. The van der Waals surface area contributed by atoms with Crippen LogP contribution >= 0.6 is 0 Å². The SMILES string of the molecule is Cn1cc2c3cc(C(=O)NCC4CC(n5cncn5)C4)ccc3n(-c3ccc(C(F)(F)F)cc3)c2n1. The van der Waals surface area contributed by atoms with E-state index in [-0.39, 0.29) is 5.91 Å². The molecular weight excluding hydrogens is 471 g/mol. The Morgan fingerprint density at radius 2 is 1.89 bits per heavy atom. The maximum absolute atomic E-state index is 13.0. The van der Waals surface area contributed by atoms with E-state index in [1.807, 2.05) is 27.6 Å². The third-order valence-electron chi connectivity index (χ3n) is 6.84. The summed E-state index contributed by atoms with van der Waals surface area (Å²) in [7, 11) is 1.78. The van der Waals surface area contributed by atoms with Crippen molar-refractivity contribution in [2.75, 3.05) is 6.54 Å². The van der Waals surface area contributed by atoms with Gasteiger partial charge >= 0.3 is 6.18 Å². The Morgan fingerprint density at radius 1 is 1.11 bits per heavy atom. The molecule has 11 heteroatoms. The summed E-state index contributed by atoms with van der Waals surface area (Å²) in [5, 5.41) is 13.3. The number of hydrogen-bond donors (Lipinski definition) is 1. The molecule has 1 fully saturated rings. The van der Waals surface area contributed by atoms with Crippen LogP contribution in [0.25, 0.3) is 27.6 Å². The zero-order valence-corrected chi connectivity index (χ0v) is 19.3.